The number of nitrogens with zero attached hydrogens (tertiary/aromatic N) is 1. The molecule has 2 nitrogen and oxygen atoms in total. The Kier molecular flexibility index (Phi) is 2.65. The summed E-state index contributed by atoms with van der Waals surface area (Å²) in [4.78, 5) is 2.88. The molecule has 4 saturated carbocycles. The number of rotatable bonds is 2. The van der Waals surface area contributed by atoms with E-state index in [4.69, 9.17) is 5.73 Å². The average molecular weight is 262 g/mol. The third kappa shape index (κ3) is 1.56. The predicted octanol–water partition coefficient (Wildman–Crippen LogP) is 3.01. The lowest BCUT2D eigenvalue weighted by Gasteiger charge is -2.66. The fourth-order valence-corrected chi connectivity index (χ4v) is 6.76. The third-order valence-corrected chi connectivity index (χ3v) is 7.28. The van der Waals surface area contributed by atoms with E-state index in [0.29, 0.717) is 11.1 Å². The summed E-state index contributed by atoms with van der Waals surface area (Å²) in [5.41, 5.74) is 7.20. The highest BCUT2D eigenvalue weighted by atomic mass is 15.3. The predicted molar refractivity (Wildman–Crippen MR) is 78.8 cm³/mol. The molecular formula is C17H30N2. The smallest absolute Gasteiger partial charge is 0.0393 e. The van der Waals surface area contributed by atoms with Crippen molar-refractivity contribution >= 4 is 0 Å². The molecule has 4 aliphatic carbocycles. The Balaban J connectivity index is 1.74. The molecule has 5 aliphatic rings. The fourth-order valence-electron chi connectivity index (χ4n) is 6.76. The molecule has 5 fully saturated rings. The van der Waals surface area contributed by atoms with Crippen molar-refractivity contribution in [1.82, 2.24) is 4.90 Å². The second-order valence-electron chi connectivity index (χ2n) is 8.57. The van der Waals surface area contributed by atoms with Crippen LogP contribution in [0, 0.1) is 23.7 Å². The van der Waals surface area contributed by atoms with Crippen LogP contribution >= 0.6 is 0 Å². The van der Waals surface area contributed by atoms with Crippen molar-refractivity contribution in [3.8, 4) is 0 Å². The second kappa shape index (κ2) is 3.98. The molecule has 1 aliphatic heterocycles. The first kappa shape index (κ1) is 12.6. The molecule has 4 bridgehead atoms. The molecule has 0 unspecified atom stereocenters. The maximum absolute atomic E-state index is 6.45. The van der Waals surface area contributed by atoms with Crippen molar-refractivity contribution in [1.29, 1.82) is 0 Å². The Hall–Kier alpha value is -0.0800. The zero-order valence-corrected chi connectivity index (χ0v) is 12.7. The van der Waals surface area contributed by atoms with Gasteiger partial charge in [-0.15, -0.1) is 0 Å². The Bertz CT molecular complexity index is 345. The Morgan fingerprint density at radius 2 is 1.58 bits per heavy atom. The standard InChI is InChI=1S/C17H30N2/c1-16(2)4-3-5-19(16)17(11-18)14-7-12-6-13(9-14)10-15(17)8-12/h12-15H,3-11,18H2,1-2H3. The van der Waals surface area contributed by atoms with Crippen molar-refractivity contribution in [2.45, 2.75) is 69.9 Å². The van der Waals surface area contributed by atoms with Gasteiger partial charge in [-0.3, -0.25) is 4.90 Å². The van der Waals surface area contributed by atoms with Crippen LogP contribution < -0.4 is 5.73 Å². The maximum atomic E-state index is 6.45. The minimum absolute atomic E-state index is 0.368. The molecule has 108 valence electrons. The summed E-state index contributed by atoms with van der Waals surface area (Å²) in [5.74, 6) is 3.91. The van der Waals surface area contributed by atoms with Crippen LogP contribution in [-0.2, 0) is 0 Å². The van der Waals surface area contributed by atoms with Gasteiger partial charge in [0.2, 0.25) is 0 Å². The van der Waals surface area contributed by atoms with Gasteiger partial charge in [-0.1, -0.05) is 0 Å². The zero-order chi connectivity index (χ0) is 13.3. The minimum Gasteiger partial charge on any atom is -0.329 e. The van der Waals surface area contributed by atoms with Crippen LogP contribution in [0.5, 0.6) is 0 Å². The van der Waals surface area contributed by atoms with Crippen LogP contribution in [0.1, 0.15) is 58.8 Å². The van der Waals surface area contributed by atoms with E-state index in [9.17, 15) is 0 Å². The van der Waals surface area contributed by atoms with Crippen molar-refractivity contribution in [2.24, 2.45) is 29.4 Å². The summed E-state index contributed by atoms with van der Waals surface area (Å²) in [7, 11) is 0. The summed E-state index contributed by atoms with van der Waals surface area (Å²) in [5, 5.41) is 0. The summed E-state index contributed by atoms with van der Waals surface area (Å²) >= 11 is 0. The maximum Gasteiger partial charge on any atom is 0.0393 e. The molecule has 0 atom stereocenters. The van der Waals surface area contributed by atoms with Crippen LogP contribution in [0.25, 0.3) is 0 Å². The van der Waals surface area contributed by atoms with E-state index >= 15 is 0 Å². The SMILES string of the molecule is CC1(C)CCCN1C1(CN)C2CC3CC(C2)CC1C3. The quantitative estimate of drug-likeness (QED) is 0.829. The number of nitrogens with two attached hydrogens (primary N) is 1. The summed E-state index contributed by atoms with van der Waals surface area (Å²) in [6.07, 6.45) is 10.2. The molecular weight excluding hydrogens is 232 g/mol. The van der Waals surface area contributed by atoms with Crippen LogP contribution in [0.2, 0.25) is 0 Å². The van der Waals surface area contributed by atoms with E-state index in [1.165, 1.54) is 51.5 Å². The molecule has 0 spiro atoms. The molecule has 0 amide bonds. The van der Waals surface area contributed by atoms with Gasteiger partial charge < -0.3 is 5.73 Å². The van der Waals surface area contributed by atoms with E-state index in [1.54, 1.807) is 0 Å². The summed E-state index contributed by atoms with van der Waals surface area (Å²) in [6.45, 7) is 7.13. The lowest BCUT2D eigenvalue weighted by Crippen LogP contribution is -2.71. The second-order valence-corrected chi connectivity index (χ2v) is 8.57. The molecule has 1 heterocycles. The van der Waals surface area contributed by atoms with Crippen molar-refractivity contribution in [2.75, 3.05) is 13.1 Å². The first-order valence-electron chi connectivity index (χ1n) is 8.54. The van der Waals surface area contributed by atoms with Gasteiger partial charge in [0.25, 0.3) is 0 Å². The van der Waals surface area contributed by atoms with E-state index in [2.05, 4.69) is 18.7 Å². The highest BCUT2D eigenvalue weighted by Crippen LogP contribution is 2.61. The zero-order valence-electron chi connectivity index (χ0n) is 12.7. The van der Waals surface area contributed by atoms with Gasteiger partial charge in [0, 0.05) is 17.6 Å². The van der Waals surface area contributed by atoms with E-state index in [-0.39, 0.29) is 0 Å². The lowest BCUT2D eigenvalue weighted by molar-refractivity contribution is -0.148. The first-order valence-corrected chi connectivity index (χ1v) is 8.54. The molecule has 1 saturated heterocycles. The van der Waals surface area contributed by atoms with Gasteiger partial charge >= 0.3 is 0 Å². The van der Waals surface area contributed by atoms with Gasteiger partial charge in [-0.05, 0) is 89.0 Å². The monoisotopic (exact) mass is 262 g/mol. The van der Waals surface area contributed by atoms with Crippen LogP contribution in [-0.4, -0.2) is 29.1 Å². The highest BCUT2D eigenvalue weighted by molar-refractivity contribution is 5.15. The highest BCUT2D eigenvalue weighted by Gasteiger charge is 2.61. The van der Waals surface area contributed by atoms with Gasteiger partial charge in [0.15, 0.2) is 0 Å². The van der Waals surface area contributed by atoms with Gasteiger partial charge in [0.1, 0.15) is 0 Å². The molecule has 2 N–H and O–H groups in total. The van der Waals surface area contributed by atoms with Crippen molar-refractivity contribution in [3.05, 3.63) is 0 Å². The van der Waals surface area contributed by atoms with Crippen molar-refractivity contribution < 1.29 is 0 Å². The Morgan fingerprint density at radius 1 is 1.00 bits per heavy atom. The van der Waals surface area contributed by atoms with E-state index < -0.39 is 0 Å². The number of hydrogen-bond acceptors (Lipinski definition) is 2. The van der Waals surface area contributed by atoms with Crippen molar-refractivity contribution in [3.63, 3.8) is 0 Å². The molecule has 0 radical (unpaired) electrons. The van der Waals surface area contributed by atoms with Gasteiger partial charge in [0.05, 0.1) is 0 Å². The Labute approximate surface area is 118 Å². The molecule has 0 aromatic carbocycles. The molecule has 2 heteroatoms. The lowest BCUT2D eigenvalue weighted by atomic mass is 9.47. The average Bonchev–Trinajstić information content (AvgIpc) is 2.70. The largest absolute Gasteiger partial charge is 0.329 e. The molecule has 19 heavy (non-hydrogen) atoms. The number of likely N-dealkylation sites (tertiary alicyclic amines) is 1. The van der Waals surface area contributed by atoms with Crippen LogP contribution in [0.15, 0.2) is 0 Å². The van der Waals surface area contributed by atoms with Crippen LogP contribution in [0.3, 0.4) is 0 Å². The summed E-state index contributed by atoms with van der Waals surface area (Å²) < 4.78 is 0. The normalized spacial score (nSPS) is 51.9. The Morgan fingerprint density at radius 3 is 2.00 bits per heavy atom. The molecule has 0 aromatic rings. The fraction of sp³-hybridized carbons (Fsp3) is 1.00. The molecule has 0 aromatic heterocycles. The third-order valence-electron chi connectivity index (χ3n) is 7.28. The number of hydrogen-bond donors (Lipinski definition) is 1. The topological polar surface area (TPSA) is 29.3 Å². The molecule has 5 rings (SSSR count). The van der Waals surface area contributed by atoms with E-state index in [0.717, 1.165) is 30.2 Å². The van der Waals surface area contributed by atoms with Gasteiger partial charge in [-0.25, -0.2) is 0 Å². The van der Waals surface area contributed by atoms with E-state index in [1.807, 2.05) is 0 Å². The van der Waals surface area contributed by atoms with Crippen LogP contribution in [0.4, 0.5) is 0 Å². The first-order chi connectivity index (χ1) is 9.06. The minimum atomic E-state index is 0.368. The van der Waals surface area contributed by atoms with Gasteiger partial charge in [-0.2, -0.15) is 0 Å². The summed E-state index contributed by atoms with van der Waals surface area (Å²) in [6, 6.07) is 0.